The lowest BCUT2D eigenvalue weighted by Crippen LogP contribution is -2.24. The number of thiophene rings is 1. The van der Waals surface area contributed by atoms with E-state index in [0.29, 0.717) is 42.2 Å². The maximum atomic E-state index is 12.7. The third kappa shape index (κ3) is 3.43. The second-order valence-electron chi connectivity index (χ2n) is 6.61. The lowest BCUT2D eigenvalue weighted by atomic mass is 10.2. The first-order valence-corrected chi connectivity index (χ1v) is 10.2. The molecule has 3 heterocycles. The number of benzene rings is 1. The van der Waals surface area contributed by atoms with Gasteiger partial charge in [-0.3, -0.25) is 18.6 Å². The van der Waals surface area contributed by atoms with E-state index in [-0.39, 0.29) is 11.5 Å². The van der Waals surface area contributed by atoms with Crippen molar-refractivity contribution in [3.63, 3.8) is 0 Å². The molecule has 28 heavy (non-hydrogen) atoms. The molecule has 0 atom stereocenters. The zero-order valence-electron chi connectivity index (χ0n) is 15.6. The minimum atomic E-state index is -0.0379. The van der Waals surface area contributed by atoms with Gasteiger partial charge in [-0.2, -0.15) is 0 Å². The van der Waals surface area contributed by atoms with E-state index in [1.54, 1.807) is 4.57 Å². The van der Waals surface area contributed by atoms with Crippen LogP contribution in [0.4, 0.5) is 0 Å². The van der Waals surface area contributed by atoms with Crippen molar-refractivity contribution in [1.29, 1.82) is 0 Å². The molecule has 4 aromatic rings. The number of aromatic nitrogens is 4. The zero-order valence-corrected chi connectivity index (χ0v) is 16.4. The third-order valence-electron chi connectivity index (χ3n) is 4.63. The SMILES string of the molecule is CCCn1c(=O)c2sccc2n2c(CCC(=O)NCc3ccccc3)nnc12. The molecule has 0 bridgehead atoms. The van der Waals surface area contributed by atoms with Crippen LogP contribution < -0.4 is 10.9 Å². The van der Waals surface area contributed by atoms with E-state index in [0.717, 1.165) is 17.5 Å². The molecule has 0 unspecified atom stereocenters. The van der Waals surface area contributed by atoms with Gasteiger partial charge in [0.1, 0.15) is 10.5 Å². The average Bonchev–Trinajstić information content (AvgIpc) is 3.35. The van der Waals surface area contributed by atoms with E-state index in [1.807, 2.05) is 53.1 Å². The van der Waals surface area contributed by atoms with Gasteiger partial charge in [-0.1, -0.05) is 37.3 Å². The number of carbonyl (C=O) groups is 1. The van der Waals surface area contributed by atoms with Crippen molar-refractivity contribution in [3.05, 3.63) is 63.5 Å². The normalized spacial score (nSPS) is 11.3. The van der Waals surface area contributed by atoms with Gasteiger partial charge in [0.15, 0.2) is 0 Å². The van der Waals surface area contributed by atoms with Crippen molar-refractivity contribution in [2.75, 3.05) is 0 Å². The summed E-state index contributed by atoms with van der Waals surface area (Å²) >= 11 is 1.42. The molecule has 0 aliphatic carbocycles. The molecule has 4 rings (SSSR count). The Bertz CT molecular complexity index is 1180. The minimum absolute atomic E-state index is 0.0288. The Kier molecular flexibility index (Phi) is 5.21. The molecule has 0 aliphatic rings. The van der Waals surface area contributed by atoms with Crippen LogP contribution in [0.5, 0.6) is 0 Å². The third-order valence-corrected chi connectivity index (χ3v) is 5.53. The van der Waals surface area contributed by atoms with Crippen LogP contribution >= 0.6 is 11.3 Å². The smallest absolute Gasteiger partial charge is 0.272 e. The molecule has 0 saturated heterocycles. The number of nitrogens with zero attached hydrogens (tertiary/aromatic N) is 4. The van der Waals surface area contributed by atoms with E-state index in [2.05, 4.69) is 15.5 Å². The first kappa shape index (κ1) is 18.4. The fourth-order valence-electron chi connectivity index (χ4n) is 3.28. The zero-order chi connectivity index (χ0) is 19.5. The predicted octanol–water partition coefficient (Wildman–Crippen LogP) is 2.76. The van der Waals surface area contributed by atoms with Gasteiger partial charge in [0.05, 0.1) is 5.52 Å². The summed E-state index contributed by atoms with van der Waals surface area (Å²) in [6, 6.07) is 11.7. The standard InChI is InChI=1S/C20H21N5O2S/c1-2-11-24-19(27)18-15(10-12-28-18)25-16(22-23-20(24)25)8-9-17(26)21-13-14-6-4-3-5-7-14/h3-7,10,12H,2,8-9,11,13H2,1H3,(H,21,26). The molecular formula is C20H21N5O2S. The van der Waals surface area contributed by atoms with Crippen molar-refractivity contribution < 1.29 is 4.79 Å². The van der Waals surface area contributed by atoms with Crippen LogP contribution in [-0.4, -0.2) is 25.1 Å². The fourth-order valence-corrected chi connectivity index (χ4v) is 4.10. The predicted molar refractivity (Wildman–Crippen MR) is 110 cm³/mol. The maximum absolute atomic E-state index is 12.7. The first-order valence-electron chi connectivity index (χ1n) is 9.33. The Morgan fingerprint density at radius 3 is 2.79 bits per heavy atom. The Hall–Kier alpha value is -3.00. The number of fused-ring (bicyclic) bond motifs is 3. The monoisotopic (exact) mass is 395 g/mol. The van der Waals surface area contributed by atoms with Crippen molar-refractivity contribution in [2.45, 2.75) is 39.3 Å². The second kappa shape index (κ2) is 7.93. The van der Waals surface area contributed by atoms with Gasteiger partial charge >= 0.3 is 0 Å². The minimum Gasteiger partial charge on any atom is -0.352 e. The van der Waals surface area contributed by atoms with Gasteiger partial charge in [-0.15, -0.1) is 21.5 Å². The molecule has 0 saturated carbocycles. The van der Waals surface area contributed by atoms with Crippen molar-refractivity contribution in [1.82, 2.24) is 24.5 Å². The molecule has 1 aromatic carbocycles. The molecule has 0 fully saturated rings. The van der Waals surface area contributed by atoms with E-state index in [4.69, 9.17) is 0 Å². The summed E-state index contributed by atoms with van der Waals surface area (Å²) < 4.78 is 4.27. The van der Waals surface area contributed by atoms with E-state index >= 15 is 0 Å². The van der Waals surface area contributed by atoms with Gasteiger partial charge < -0.3 is 5.32 Å². The van der Waals surface area contributed by atoms with Gasteiger partial charge in [-0.05, 0) is 23.4 Å². The molecule has 0 radical (unpaired) electrons. The molecule has 144 valence electrons. The maximum Gasteiger partial charge on any atom is 0.272 e. The van der Waals surface area contributed by atoms with Crippen LogP contribution in [0.1, 0.15) is 31.2 Å². The van der Waals surface area contributed by atoms with Gasteiger partial charge in [0, 0.05) is 25.9 Å². The Balaban J connectivity index is 1.56. The lowest BCUT2D eigenvalue weighted by molar-refractivity contribution is -0.121. The summed E-state index contributed by atoms with van der Waals surface area (Å²) in [6.07, 6.45) is 1.60. The first-order chi connectivity index (χ1) is 13.7. The van der Waals surface area contributed by atoms with Crippen molar-refractivity contribution in [2.24, 2.45) is 0 Å². The van der Waals surface area contributed by atoms with Crippen LogP contribution in [0, 0.1) is 0 Å². The van der Waals surface area contributed by atoms with E-state index < -0.39 is 0 Å². The average molecular weight is 395 g/mol. The van der Waals surface area contributed by atoms with Crippen LogP contribution in [0.3, 0.4) is 0 Å². The summed E-state index contributed by atoms with van der Waals surface area (Å²) in [4.78, 5) is 25.0. The number of carbonyl (C=O) groups excluding carboxylic acids is 1. The highest BCUT2D eigenvalue weighted by atomic mass is 32.1. The summed E-state index contributed by atoms with van der Waals surface area (Å²) in [5.41, 5.74) is 1.84. The second-order valence-corrected chi connectivity index (χ2v) is 7.52. The van der Waals surface area contributed by atoms with E-state index in [9.17, 15) is 9.59 Å². The largest absolute Gasteiger partial charge is 0.352 e. The van der Waals surface area contributed by atoms with Crippen LogP contribution in [0.2, 0.25) is 0 Å². The Morgan fingerprint density at radius 2 is 2.00 bits per heavy atom. The van der Waals surface area contributed by atoms with Crippen molar-refractivity contribution >= 4 is 33.2 Å². The number of hydrogen-bond donors (Lipinski definition) is 1. The number of nitrogens with one attached hydrogen (secondary N) is 1. The molecule has 3 aromatic heterocycles. The molecule has 0 aliphatic heterocycles. The summed E-state index contributed by atoms with van der Waals surface area (Å²) in [6.45, 7) is 3.12. The highest BCUT2D eigenvalue weighted by Crippen LogP contribution is 2.20. The topological polar surface area (TPSA) is 81.3 Å². The van der Waals surface area contributed by atoms with Gasteiger partial charge in [0.25, 0.3) is 5.56 Å². The molecule has 1 amide bonds. The summed E-state index contributed by atoms with van der Waals surface area (Å²) in [5.74, 6) is 1.19. The quantitative estimate of drug-likeness (QED) is 0.522. The van der Waals surface area contributed by atoms with Gasteiger partial charge in [-0.25, -0.2) is 0 Å². The number of rotatable bonds is 7. The van der Waals surface area contributed by atoms with Crippen molar-refractivity contribution in [3.8, 4) is 0 Å². The van der Waals surface area contributed by atoms with Gasteiger partial charge in [0.2, 0.25) is 11.7 Å². The highest BCUT2D eigenvalue weighted by Gasteiger charge is 2.17. The molecular weight excluding hydrogens is 374 g/mol. The summed E-state index contributed by atoms with van der Waals surface area (Å²) in [7, 11) is 0. The molecule has 7 nitrogen and oxygen atoms in total. The van der Waals surface area contributed by atoms with E-state index in [1.165, 1.54) is 11.3 Å². The summed E-state index contributed by atoms with van der Waals surface area (Å²) in [5, 5.41) is 13.4. The molecule has 1 N–H and O–H groups in total. The number of amides is 1. The highest BCUT2D eigenvalue weighted by molar-refractivity contribution is 7.17. The number of hydrogen-bond acceptors (Lipinski definition) is 5. The number of aryl methyl sites for hydroxylation is 2. The van der Waals surface area contributed by atoms with Crippen LogP contribution in [0.25, 0.3) is 16.0 Å². The lowest BCUT2D eigenvalue weighted by Gasteiger charge is -2.08. The Morgan fingerprint density at radius 1 is 1.18 bits per heavy atom. The van der Waals surface area contributed by atoms with Crippen LogP contribution in [0.15, 0.2) is 46.6 Å². The molecule has 8 heteroatoms. The Labute approximate surface area is 165 Å². The fraction of sp³-hybridized carbons (Fsp3) is 0.300. The molecule has 0 spiro atoms. The van der Waals surface area contributed by atoms with Crippen LogP contribution in [-0.2, 0) is 24.3 Å².